The molecule has 0 unspecified atom stereocenters. The molecular formula is C18H19ClFNO3. The smallest absolute Gasteiger partial charge is 0.261 e. The molecule has 0 fully saturated rings. The van der Waals surface area contributed by atoms with E-state index in [-0.39, 0.29) is 18.3 Å². The summed E-state index contributed by atoms with van der Waals surface area (Å²) in [7, 11) is 0. The van der Waals surface area contributed by atoms with Crippen molar-refractivity contribution < 1.29 is 18.7 Å². The lowest BCUT2D eigenvalue weighted by Crippen LogP contribution is -2.39. The van der Waals surface area contributed by atoms with Gasteiger partial charge < -0.3 is 14.8 Å². The van der Waals surface area contributed by atoms with Crippen molar-refractivity contribution in [1.29, 1.82) is 0 Å². The molecule has 2 aromatic carbocycles. The number of nitrogens with one attached hydrogen (secondary N) is 1. The summed E-state index contributed by atoms with van der Waals surface area (Å²) in [6, 6.07) is 12.7. The molecule has 4 nitrogen and oxygen atoms in total. The van der Waals surface area contributed by atoms with Gasteiger partial charge in [0.15, 0.2) is 6.10 Å². The van der Waals surface area contributed by atoms with Crippen LogP contribution in [-0.4, -0.2) is 25.2 Å². The Morgan fingerprint density at radius 3 is 2.58 bits per heavy atom. The highest BCUT2D eigenvalue weighted by Gasteiger charge is 2.18. The monoisotopic (exact) mass is 351 g/mol. The Labute approximate surface area is 145 Å². The van der Waals surface area contributed by atoms with Crippen molar-refractivity contribution in [2.24, 2.45) is 0 Å². The summed E-state index contributed by atoms with van der Waals surface area (Å²) in [6.45, 7) is 2.45. The first kappa shape index (κ1) is 18.1. The first-order chi connectivity index (χ1) is 11.6. The minimum atomic E-state index is -0.629. The van der Waals surface area contributed by atoms with Gasteiger partial charge in [0.25, 0.3) is 5.91 Å². The van der Waals surface area contributed by atoms with Gasteiger partial charge in [-0.25, -0.2) is 4.39 Å². The molecule has 24 heavy (non-hydrogen) atoms. The Morgan fingerprint density at radius 2 is 1.92 bits per heavy atom. The van der Waals surface area contributed by atoms with Crippen LogP contribution in [-0.2, 0) is 4.79 Å². The highest BCUT2D eigenvalue weighted by Crippen LogP contribution is 2.24. The zero-order chi connectivity index (χ0) is 17.4. The molecule has 128 valence electrons. The van der Waals surface area contributed by atoms with Crippen molar-refractivity contribution in [2.75, 3.05) is 13.2 Å². The molecule has 0 saturated carbocycles. The molecule has 0 bridgehead atoms. The van der Waals surface area contributed by atoms with Crippen LogP contribution in [0.3, 0.4) is 0 Å². The van der Waals surface area contributed by atoms with Crippen LogP contribution in [0, 0.1) is 5.82 Å². The van der Waals surface area contributed by atoms with Gasteiger partial charge in [-0.3, -0.25) is 4.79 Å². The predicted molar refractivity (Wildman–Crippen MR) is 91.1 cm³/mol. The fourth-order valence-corrected chi connectivity index (χ4v) is 2.18. The lowest BCUT2D eigenvalue weighted by molar-refractivity contribution is -0.128. The topological polar surface area (TPSA) is 47.6 Å². The summed E-state index contributed by atoms with van der Waals surface area (Å²) in [5.74, 6) is 0.465. The summed E-state index contributed by atoms with van der Waals surface area (Å²) in [6.07, 6.45) is -0.119. The molecule has 0 spiro atoms. The highest BCUT2D eigenvalue weighted by molar-refractivity contribution is 6.32. The van der Waals surface area contributed by atoms with E-state index in [9.17, 15) is 9.18 Å². The quantitative estimate of drug-likeness (QED) is 0.735. The first-order valence-electron chi connectivity index (χ1n) is 7.67. The fourth-order valence-electron chi connectivity index (χ4n) is 2.00. The van der Waals surface area contributed by atoms with Crippen LogP contribution >= 0.6 is 11.6 Å². The Bertz CT molecular complexity index is 664. The minimum absolute atomic E-state index is 0.236. The van der Waals surface area contributed by atoms with Crippen LogP contribution in [0.1, 0.15) is 13.3 Å². The lowest BCUT2D eigenvalue weighted by atomic mass is 10.2. The summed E-state index contributed by atoms with van der Waals surface area (Å²) >= 11 is 6.03. The van der Waals surface area contributed by atoms with Gasteiger partial charge in [-0.05, 0) is 42.8 Å². The van der Waals surface area contributed by atoms with E-state index >= 15 is 0 Å². The van der Waals surface area contributed by atoms with E-state index in [1.165, 1.54) is 24.3 Å². The number of benzene rings is 2. The van der Waals surface area contributed by atoms with Gasteiger partial charge in [0, 0.05) is 0 Å². The number of carbonyl (C=O) groups is 1. The van der Waals surface area contributed by atoms with Crippen LogP contribution in [0.15, 0.2) is 48.5 Å². The van der Waals surface area contributed by atoms with E-state index in [0.717, 1.165) is 0 Å². The third-order valence-corrected chi connectivity index (χ3v) is 3.57. The molecule has 2 rings (SSSR count). The second-order valence-corrected chi connectivity index (χ2v) is 5.45. The van der Waals surface area contributed by atoms with E-state index < -0.39 is 6.10 Å². The minimum Gasteiger partial charge on any atom is -0.492 e. The molecule has 0 aliphatic rings. The molecular weight excluding hydrogens is 333 g/mol. The Hall–Kier alpha value is -2.27. The van der Waals surface area contributed by atoms with Crippen LogP contribution in [0.5, 0.6) is 11.5 Å². The first-order valence-corrected chi connectivity index (χ1v) is 8.05. The summed E-state index contributed by atoms with van der Waals surface area (Å²) in [5.41, 5.74) is 0. The van der Waals surface area contributed by atoms with E-state index in [4.69, 9.17) is 21.1 Å². The zero-order valence-corrected chi connectivity index (χ0v) is 14.1. The molecule has 0 heterocycles. The number of rotatable bonds is 8. The third-order valence-electron chi connectivity index (χ3n) is 3.25. The van der Waals surface area contributed by atoms with E-state index in [0.29, 0.717) is 29.5 Å². The molecule has 0 radical (unpaired) electrons. The number of hydrogen-bond donors (Lipinski definition) is 1. The molecule has 1 atom stereocenters. The van der Waals surface area contributed by atoms with Gasteiger partial charge in [-0.1, -0.05) is 30.7 Å². The van der Waals surface area contributed by atoms with Crippen molar-refractivity contribution in [3.05, 3.63) is 59.4 Å². The number of para-hydroxylation sites is 1. The maximum absolute atomic E-state index is 12.8. The van der Waals surface area contributed by atoms with E-state index in [1.54, 1.807) is 24.3 Å². The SMILES string of the molecule is CC[C@@H](Oc1ccccc1Cl)C(=O)NCCOc1ccc(F)cc1. The number of halogens is 2. The summed E-state index contributed by atoms with van der Waals surface area (Å²) < 4.78 is 23.9. The van der Waals surface area contributed by atoms with E-state index in [2.05, 4.69) is 5.32 Å². The van der Waals surface area contributed by atoms with Crippen molar-refractivity contribution in [3.63, 3.8) is 0 Å². The van der Waals surface area contributed by atoms with Gasteiger partial charge in [0.05, 0.1) is 11.6 Å². The normalized spacial score (nSPS) is 11.6. The molecule has 2 aromatic rings. The number of ether oxygens (including phenoxy) is 2. The maximum Gasteiger partial charge on any atom is 0.261 e. The molecule has 6 heteroatoms. The van der Waals surface area contributed by atoms with Crippen LogP contribution < -0.4 is 14.8 Å². The average Bonchev–Trinajstić information content (AvgIpc) is 2.59. The maximum atomic E-state index is 12.8. The Balaban J connectivity index is 1.77. The standard InChI is InChI=1S/C18H19ClFNO3/c1-2-16(24-17-6-4-3-5-15(17)19)18(22)21-11-12-23-14-9-7-13(20)8-10-14/h3-10,16H,2,11-12H2,1H3,(H,21,22)/t16-/m1/s1. The van der Waals surface area contributed by atoms with Crippen LogP contribution in [0.25, 0.3) is 0 Å². The molecule has 0 aromatic heterocycles. The van der Waals surface area contributed by atoms with Gasteiger partial charge >= 0.3 is 0 Å². The van der Waals surface area contributed by atoms with Crippen molar-refractivity contribution in [2.45, 2.75) is 19.4 Å². The number of amides is 1. The van der Waals surface area contributed by atoms with Crippen molar-refractivity contribution in [1.82, 2.24) is 5.32 Å². The van der Waals surface area contributed by atoms with Gasteiger partial charge in [0.1, 0.15) is 23.9 Å². The second kappa shape index (κ2) is 9.13. The number of hydrogen-bond acceptors (Lipinski definition) is 3. The van der Waals surface area contributed by atoms with Gasteiger partial charge in [0.2, 0.25) is 0 Å². The van der Waals surface area contributed by atoms with Gasteiger partial charge in [-0.15, -0.1) is 0 Å². The Kier molecular flexibility index (Phi) is 6.88. The summed E-state index contributed by atoms with van der Waals surface area (Å²) in [5, 5.41) is 3.21. The van der Waals surface area contributed by atoms with E-state index in [1.807, 2.05) is 6.92 Å². The van der Waals surface area contributed by atoms with Crippen LogP contribution in [0.4, 0.5) is 4.39 Å². The zero-order valence-electron chi connectivity index (χ0n) is 13.3. The van der Waals surface area contributed by atoms with Gasteiger partial charge in [-0.2, -0.15) is 0 Å². The molecule has 0 aliphatic carbocycles. The van der Waals surface area contributed by atoms with Crippen molar-refractivity contribution >= 4 is 17.5 Å². The third kappa shape index (κ3) is 5.42. The second-order valence-electron chi connectivity index (χ2n) is 5.04. The predicted octanol–water partition coefficient (Wildman–Crippen LogP) is 3.83. The molecule has 0 aliphatic heterocycles. The Morgan fingerprint density at radius 1 is 1.21 bits per heavy atom. The van der Waals surface area contributed by atoms with Crippen molar-refractivity contribution in [3.8, 4) is 11.5 Å². The highest BCUT2D eigenvalue weighted by atomic mass is 35.5. The largest absolute Gasteiger partial charge is 0.492 e. The summed E-state index contributed by atoms with van der Waals surface area (Å²) in [4.78, 5) is 12.2. The average molecular weight is 352 g/mol. The molecule has 0 saturated heterocycles. The van der Waals surface area contributed by atoms with Crippen LogP contribution in [0.2, 0.25) is 5.02 Å². The lowest BCUT2D eigenvalue weighted by Gasteiger charge is -2.18. The number of carbonyl (C=O) groups excluding carboxylic acids is 1. The molecule has 1 N–H and O–H groups in total. The molecule has 1 amide bonds. The fraction of sp³-hybridized carbons (Fsp3) is 0.278.